The molecule has 0 unspecified atom stereocenters. The fraction of sp³-hybridized carbons (Fsp3) is 0.200. The van der Waals surface area contributed by atoms with E-state index in [2.05, 4.69) is 0 Å². The number of nitrogens with zero attached hydrogens (tertiary/aromatic N) is 1. The molecule has 2 rings (SSSR count). The van der Waals surface area contributed by atoms with Crippen molar-refractivity contribution in [2.24, 2.45) is 0 Å². The van der Waals surface area contributed by atoms with Crippen molar-refractivity contribution in [3.05, 3.63) is 46.8 Å². The minimum Gasteiger partial charge on any atom is -0.481 e. The molecule has 0 aliphatic heterocycles. The number of amides is 1. The molecular weight excluding hydrogens is 336 g/mol. The molecule has 0 spiro atoms. The maximum atomic E-state index is 12.1. The van der Waals surface area contributed by atoms with Crippen molar-refractivity contribution in [1.29, 1.82) is 5.26 Å². The van der Waals surface area contributed by atoms with E-state index in [1.165, 1.54) is 19.1 Å². The normalized spacial score (nSPS) is 12.2. The Morgan fingerprint density at radius 1 is 1.35 bits per heavy atom. The van der Waals surface area contributed by atoms with Crippen molar-refractivity contribution in [3.63, 3.8) is 0 Å². The average molecular weight is 350 g/mol. The Morgan fingerprint density at radius 2 is 2.09 bits per heavy atom. The standard InChI is InChI=1S/C15H14N2O4S2/c1-10-6-7-14(22-10)23(19,20)17-15(18)11(2)21-13-5-3-4-12(8-13)9-16/h3-8,11H,1-2H3,(H,17,18)/t11-/m1/s1. The highest BCUT2D eigenvalue weighted by atomic mass is 32.2. The van der Waals surface area contributed by atoms with Gasteiger partial charge in [-0.3, -0.25) is 4.79 Å². The first-order valence-corrected chi connectivity index (χ1v) is 8.92. The van der Waals surface area contributed by atoms with E-state index in [9.17, 15) is 13.2 Å². The SMILES string of the molecule is Cc1ccc(S(=O)(=O)NC(=O)[C@@H](C)Oc2cccc(C#N)c2)s1. The number of carbonyl (C=O) groups excluding carboxylic acids is 1. The molecule has 1 aromatic heterocycles. The lowest BCUT2D eigenvalue weighted by atomic mass is 10.2. The van der Waals surface area contributed by atoms with Crippen LogP contribution in [-0.2, 0) is 14.8 Å². The molecule has 0 saturated heterocycles. The number of ether oxygens (including phenoxy) is 1. The van der Waals surface area contributed by atoms with Crippen molar-refractivity contribution in [2.45, 2.75) is 24.2 Å². The van der Waals surface area contributed by atoms with Gasteiger partial charge in [0.2, 0.25) is 0 Å². The summed E-state index contributed by atoms with van der Waals surface area (Å²) in [6.07, 6.45) is -1.03. The lowest BCUT2D eigenvalue weighted by Gasteiger charge is -2.14. The van der Waals surface area contributed by atoms with Crippen molar-refractivity contribution < 1.29 is 17.9 Å². The van der Waals surface area contributed by atoms with Crippen LogP contribution in [-0.4, -0.2) is 20.4 Å². The maximum Gasteiger partial charge on any atom is 0.274 e. The molecule has 1 heterocycles. The topological polar surface area (TPSA) is 96.3 Å². The van der Waals surface area contributed by atoms with Crippen LogP contribution in [0.3, 0.4) is 0 Å². The summed E-state index contributed by atoms with van der Waals surface area (Å²) in [5.74, 6) is -0.463. The zero-order chi connectivity index (χ0) is 17.0. The summed E-state index contributed by atoms with van der Waals surface area (Å²) in [7, 11) is -3.90. The minimum atomic E-state index is -3.90. The zero-order valence-corrected chi connectivity index (χ0v) is 14.1. The summed E-state index contributed by atoms with van der Waals surface area (Å²) >= 11 is 1.08. The first kappa shape index (κ1) is 17.0. The van der Waals surface area contributed by atoms with Crippen LogP contribution in [0, 0.1) is 18.3 Å². The van der Waals surface area contributed by atoms with E-state index in [-0.39, 0.29) is 4.21 Å². The van der Waals surface area contributed by atoms with Gasteiger partial charge in [0.15, 0.2) is 6.10 Å². The van der Waals surface area contributed by atoms with Crippen LogP contribution in [0.1, 0.15) is 17.4 Å². The predicted octanol–water partition coefficient (Wildman–Crippen LogP) is 2.20. The molecule has 0 bridgehead atoms. The average Bonchev–Trinajstić information content (AvgIpc) is 2.94. The number of rotatable bonds is 5. The summed E-state index contributed by atoms with van der Waals surface area (Å²) in [6.45, 7) is 3.21. The molecule has 0 radical (unpaired) electrons. The Kier molecular flexibility index (Phi) is 5.03. The monoisotopic (exact) mass is 350 g/mol. The first-order valence-electron chi connectivity index (χ1n) is 6.62. The largest absolute Gasteiger partial charge is 0.481 e. The molecule has 1 N–H and O–H groups in total. The van der Waals surface area contributed by atoms with E-state index in [4.69, 9.17) is 10.00 Å². The molecule has 1 amide bonds. The number of benzene rings is 1. The summed E-state index contributed by atoms with van der Waals surface area (Å²) in [4.78, 5) is 12.9. The molecule has 0 saturated carbocycles. The second-order valence-corrected chi connectivity index (χ2v) is 7.93. The lowest BCUT2D eigenvalue weighted by Crippen LogP contribution is -2.39. The Balaban J connectivity index is 2.06. The fourth-order valence-electron chi connectivity index (χ4n) is 1.72. The molecule has 0 fully saturated rings. The van der Waals surface area contributed by atoms with Crippen LogP contribution in [0.4, 0.5) is 0 Å². The van der Waals surface area contributed by atoms with E-state index < -0.39 is 22.0 Å². The first-order chi connectivity index (χ1) is 10.8. The third-order valence-corrected chi connectivity index (χ3v) is 5.70. The Bertz CT molecular complexity index is 866. The summed E-state index contributed by atoms with van der Waals surface area (Å²) in [5.41, 5.74) is 0.386. The zero-order valence-electron chi connectivity index (χ0n) is 12.4. The van der Waals surface area contributed by atoms with Crippen LogP contribution in [0.2, 0.25) is 0 Å². The van der Waals surface area contributed by atoms with Gasteiger partial charge in [0.1, 0.15) is 9.96 Å². The van der Waals surface area contributed by atoms with Crippen LogP contribution in [0.5, 0.6) is 5.75 Å². The van der Waals surface area contributed by atoms with Gasteiger partial charge in [-0.25, -0.2) is 13.1 Å². The molecule has 1 atom stereocenters. The van der Waals surface area contributed by atoms with Gasteiger partial charge in [-0.15, -0.1) is 11.3 Å². The Labute approximate surface area is 138 Å². The smallest absolute Gasteiger partial charge is 0.274 e. The van der Waals surface area contributed by atoms with Gasteiger partial charge >= 0.3 is 0 Å². The number of sulfonamides is 1. The van der Waals surface area contributed by atoms with Gasteiger partial charge in [-0.1, -0.05) is 6.07 Å². The second-order valence-electron chi connectivity index (χ2n) is 4.73. The van der Waals surface area contributed by atoms with Gasteiger partial charge in [-0.05, 0) is 44.2 Å². The molecule has 8 heteroatoms. The second kappa shape index (κ2) is 6.81. The van der Waals surface area contributed by atoms with Crippen LogP contribution >= 0.6 is 11.3 Å². The number of hydrogen-bond donors (Lipinski definition) is 1. The van der Waals surface area contributed by atoms with Crippen LogP contribution < -0.4 is 9.46 Å². The number of thiophene rings is 1. The van der Waals surface area contributed by atoms with Gasteiger partial charge in [0.25, 0.3) is 15.9 Å². The minimum absolute atomic E-state index is 0.0713. The lowest BCUT2D eigenvalue weighted by molar-refractivity contribution is -0.125. The highest BCUT2D eigenvalue weighted by Gasteiger charge is 2.24. The maximum absolute atomic E-state index is 12.1. The molecule has 1 aromatic carbocycles. The predicted molar refractivity (Wildman–Crippen MR) is 85.6 cm³/mol. The molecule has 23 heavy (non-hydrogen) atoms. The molecule has 120 valence electrons. The van der Waals surface area contributed by atoms with Crippen molar-refractivity contribution >= 4 is 27.3 Å². The third kappa shape index (κ3) is 4.31. The van der Waals surface area contributed by atoms with E-state index in [0.29, 0.717) is 11.3 Å². The summed E-state index contributed by atoms with van der Waals surface area (Å²) < 4.78 is 31.6. The number of nitriles is 1. The van der Waals surface area contributed by atoms with Gasteiger partial charge in [-0.2, -0.15) is 5.26 Å². The van der Waals surface area contributed by atoms with E-state index in [1.54, 1.807) is 31.2 Å². The highest BCUT2D eigenvalue weighted by Crippen LogP contribution is 2.20. The van der Waals surface area contributed by atoms with Gasteiger partial charge < -0.3 is 4.74 Å². The number of carbonyl (C=O) groups is 1. The van der Waals surface area contributed by atoms with Crippen molar-refractivity contribution in [3.8, 4) is 11.8 Å². The number of nitrogens with one attached hydrogen (secondary N) is 1. The summed E-state index contributed by atoms with van der Waals surface area (Å²) in [6, 6.07) is 11.3. The van der Waals surface area contributed by atoms with E-state index in [0.717, 1.165) is 16.2 Å². The molecular formula is C15H14N2O4S2. The van der Waals surface area contributed by atoms with Crippen molar-refractivity contribution in [1.82, 2.24) is 4.72 Å². The van der Waals surface area contributed by atoms with Crippen LogP contribution in [0.25, 0.3) is 0 Å². The molecule has 2 aromatic rings. The fourth-order valence-corrected chi connectivity index (χ4v) is 4.05. The molecule has 0 aliphatic rings. The molecule has 0 aliphatic carbocycles. The Hall–Kier alpha value is -2.37. The van der Waals surface area contributed by atoms with E-state index in [1.807, 2.05) is 10.8 Å². The van der Waals surface area contributed by atoms with Gasteiger partial charge in [0.05, 0.1) is 11.6 Å². The number of aryl methyl sites for hydroxylation is 1. The van der Waals surface area contributed by atoms with Gasteiger partial charge in [0, 0.05) is 4.88 Å². The third-order valence-electron chi connectivity index (χ3n) is 2.86. The molecule has 6 nitrogen and oxygen atoms in total. The van der Waals surface area contributed by atoms with Crippen LogP contribution in [0.15, 0.2) is 40.6 Å². The van der Waals surface area contributed by atoms with Crippen molar-refractivity contribution in [2.75, 3.05) is 0 Å². The Morgan fingerprint density at radius 3 is 2.70 bits per heavy atom. The summed E-state index contributed by atoms with van der Waals surface area (Å²) in [5, 5.41) is 8.82. The van der Waals surface area contributed by atoms with E-state index >= 15 is 0 Å². The highest BCUT2D eigenvalue weighted by molar-refractivity contribution is 7.92. The number of hydrogen-bond acceptors (Lipinski definition) is 6. The quantitative estimate of drug-likeness (QED) is 0.892.